The standard InChI is InChI=1S/C26H25N3O4/c1-33-26(32)19-9-12-21-22(15-19)29-25(31)23(21)24(18-5-3-2-4-6-18)28-20-10-7-17(8-11-20)16-27-13-14-30/h2-12,15,27-28,30H,13-14,16H2,1H3,(H,29,31)/b24-23-. The number of ether oxygens (including phenoxy) is 1. The summed E-state index contributed by atoms with van der Waals surface area (Å²) in [6, 6.07) is 22.6. The van der Waals surface area contributed by atoms with E-state index in [1.54, 1.807) is 18.2 Å². The lowest BCUT2D eigenvalue weighted by Gasteiger charge is -2.15. The van der Waals surface area contributed by atoms with Crippen LogP contribution in [0.5, 0.6) is 0 Å². The molecule has 33 heavy (non-hydrogen) atoms. The molecule has 7 heteroatoms. The van der Waals surface area contributed by atoms with Gasteiger partial charge < -0.3 is 25.8 Å². The summed E-state index contributed by atoms with van der Waals surface area (Å²) in [5.74, 6) is -0.706. The fourth-order valence-electron chi connectivity index (χ4n) is 3.71. The number of aliphatic hydroxyl groups is 1. The maximum atomic E-state index is 13.0. The van der Waals surface area contributed by atoms with Gasteiger partial charge in [0.15, 0.2) is 0 Å². The Morgan fingerprint density at radius 1 is 1.00 bits per heavy atom. The van der Waals surface area contributed by atoms with Crippen molar-refractivity contribution in [3.05, 3.63) is 95.1 Å². The third kappa shape index (κ3) is 4.95. The van der Waals surface area contributed by atoms with E-state index in [2.05, 4.69) is 16.0 Å². The molecule has 1 amide bonds. The van der Waals surface area contributed by atoms with Crippen molar-refractivity contribution in [3.8, 4) is 0 Å². The normalized spacial score (nSPS) is 13.8. The molecule has 1 heterocycles. The predicted octanol–water partition coefficient (Wildman–Crippen LogP) is 3.49. The first-order chi connectivity index (χ1) is 16.1. The maximum Gasteiger partial charge on any atom is 0.337 e. The molecule has 4 N–H and O–H groups in total. The van der Waals surface area contributed by atoms with Crippen LogP contribution in [0.4, 0.5) is 11.4 Å². The van der Waals surface area contributed by atoms with Crippen LogP contribution in [0, 0.1) is 0 Å². The first-order valence-corrected chi connectivity index (χ1v) is 10.6. The van der Waals surface area contributed by atoms with E-state index in [-0.39, 0.29) is 12.5 Å². The van der Waals surface area contributed by atoms with Gasteiger partial charge in [0.2, 0.25) is 0 Å². The van der Waals surface area contributed by atoms with Crippen LogP contribution in [0.15, 0.2) is 72.8 Å². The second-order valence-electron chi connectivity index (χ2n) is 7.54. The molecule has 1 aliphatic rings. The number of carbonyl (C=O) groups excluding carboxylic acids is 2. The minimum Gasteiger partial charge on any atom is -0.465 e. The van der Waals surface area contributed by atoms with E-state index in [1.807, 2.05) is 54.6 Å². The molecule has 4 rings (SSSR count). The van der Waals surface area contributed by atoms with Gasteiger partial charge in [-0.3, -0.25) is 4.79 Å². The number of aliphatic hydroxyl groups excluding tert-OH is 1. The van der Waals surface area contributed by atoms with Crippen LogP contribution in [-0.4, -0.2) is 37.2 Å². The summed E-state index contributed by atoms with van der Waals surface area (Å²) >= 11 is 0. The van der Waals surface area contributed by atoms with Crippen LogP contribution in [-0.2, 0) is 16.1 Å². The Morgan fingerprint density at radius 2 is 1.76 bits per heavy atom. The zero-order valence-electron chi connectivity index (χ0n) is 18.2. The fraction of sp³-hybridized carbons (Fsp3) is 0.154. The smallest absolute Gasteiger partial charge is 0.337 e. The summed E-state index contributed by atoms with van der Waals surface area (Å²) in [4.78, 5) is 24.9. The van der Waals surface area contributed by atoms with Crippen LogP contribution in [0.3, 0.4) is 0 Å². The quantitative estimate of drug-likeness (QED) is 0.242. The van der Waals surface area contributed by atoms with Crippen molar-refractivity contribution in [1.29, 1.82) is 0 Å². The van der Waals surface area contributed by atoms with Gasteiger partial charge in [-0.2, -0.15) is 0 Å². The molecule has 7 nitrogen and oxygen atoms in total. The second kappa shape index (κ2) is 10.1. The molecule has 0 saturated carbocycles. The lowest BCUT2D eigenvalue weighted by atomic mass is 9.99. The summed E-state index contributed by atoms with van der Waals surface area (Å²) in [6.07, 6.45) is 0. The Bertz CT molecular complexity index is 1190. The molecule has 0 bridgehead atoms. The highest BCUT2D eigenvalue weighted by Gasteiger charge is 2.29. The van der Waals surface area contributed by atoms with Crippen LogP contribution >= 0.6 is 0 Å². The number of rotatable bonds is 8. The molecule has 0 aromatic heterocycles. The zero-order valence-corrected chi connectivity index (χ0v) is 18.2. The molecule has 0 unspecified atom stereocenters. The van der Waals surface area contributed by atoms with Crippen molar-refractivity contribution in [3.63, 3.8) is 0 Å². The Kier molecular flexibility index (Phi) is 6.83. The Morgan fingerprint density at radius 3 is 2.45 bits per heavy atom. The third-order valence-electron chi connectivity index (χ3n) is 5.34. The first-order valence-electron chi connectivity index (χ1n) is 10.6. The van der Waals surface area contributed by atoms with E-state index in [9.17, 15) is 9.59 Å². The number of hydrogen-bond donors (Lipinski definition) is 4. The number of anilines is 2. The molecule has 0 atom stereocenters. The predicted molar refractivity (Wildman–Crippen MR) is 129 cm³/mol. The van der Waals surface area contributed by atoms with E-state index in [0.29, 0.717) is 41.2 Å². The molecule has 0 spiro atoms. The van der Waals surface area contributed by atoms with Gasteiger partial charge in [-0.1, -0.05) is 48.5 Å². The van der Waals surface area contributed by atoms with Crippen molar-refractivity contribution >= 4 is 34.5 Å². The van der Waals surface area contributed by atoms with E-state index in [4.69, 9.17) is 9.84 Å². The molecule has 3 aromatic rings. The molecule has 1 aliphatic heterocycles. The highest BCUT2D eigenvalue weighted by Crippen LogP contribution is 2.38. The summed E-state index contributed by atoms with van der Waals surface area (Å²) in [6.45, 7) is 1.29. The summed E-state index contributed by atoms with van der Waals surface area (Å²) in [5, 5.41) is 18.3. The molecular formula is C26H25N3O4. The van der Waals surface area contributed by atoms with Crippen molar-refractivity contribution in [2.24, 2.45) is 0 Å². The average molecular weight is 444 g/mol. The number of hydrogen-bond acceptors (Lipinski definition) is 6. The zero-order chi connectivity index (χ0) is 23.2. The van der Waals surface area contributed by atoms with Crippen molar-refractivity contribution in [2.45, 2.75) is 6.54 Å². The van der Waals surface area contributed by atoms with Gasteiger partial charge in [0.05, 0.1) is 36.2 Å². The van der Waals surface area contributed by atoms with Crippen LogP contribution in [0.1, 0.15) is 27.0 Å². The highest BCUT2D eigenvalue weighted by atomic mass is 16.5. The minimum absolute atomic E-state index is 0.0955. The molecular weight excluding hydrogens is 418 g/mol. The van der Waals surface area contributed by atoms with E-state index in [0.717, 1.165) is 16.8 Å². The van der Waals surface area contributed by atoms with Gasteiger partial charge in [0, 0.05) is 24.3 Å². The Hall–Kier alpha value is -3.94. The van der Waals surface area contributed by atoms with Crippen LogP contribution in [0.2, 0.25) is 0 Å². The molecule has 0 fully saturated rings. The monoisotopic (exact) mass is 443 g/mol. The second-order valence-corrected chi connectivity index (χ2v) is 7.54. The lowest BCUT2D eigenvalue weighted by molar-refractivity contribution is -0.110. The molecule has 0 saturated heterocycles. The number of benzene rings is 3. The first kappa shape index (κ1) is 22.3. The van der Waals surface area contributed by atoms with E-state index >= 15 is 0 Å². The number of fused-ring (bicyclic) bond motifs is 1. The van der Waals surface area contributed by atoms with Crippen molar-refractivity contribution in [1.82, 2.24) is 5.32 Å². The number of carbonyl (C=O) groups is 2. The van der Waals surface area contributed by atoms with Gasteiger partial charge in [-0.25, -0.2) is 4.79 Å². The molecule has 3 aromatic carbocycles. The lowest BCUT2D eigenvalue weighted by Crippen LogP contribution is -2.17. The summed E-state index contributed by atoms with van der Waals surface area (Å²) in [5.41, 5.74) is 5.60. The maximum absolute atomic E-state index is 13.0. The largest absolute Gasteiger partial charge is 0.465 e. The fourth-order valence-corrected chi connectivity index (χ4v) is 3.71. The molecule has 0 radical (unpaired) electrons. The van der Waals surface area contributed by atoms with Gasteiger partial charge in [-0.05, 0) is 35.4 Å². The van der Waals surface area contributed by atoms with E-state index in [1.165, 1.54) is 7.11 Å². The van der Waals surface area contributed by atoms with Gasteiger partial charge in [-0.15, -0.1) is 0 Å². The average Bonchev–Trinajstić information content (AvgIpc) is 3.18. The summed E-state index contributed by atoms with van der Waals surface area (Å²) in [7, 11) is 1.32. The third-order valence-corrected chi connectivity index (χ3v) is 5.34. The minimum atomic E-state index is -0.459. The summed E-state index contributed by atoms with van der Waals surface area (Å²) < 4.78 is 4.79. The van der Waals surface area contributed by atoms with Crippen molar-refractivity contribution < 1.29 is 19.4 Å². The van der Waals surface area contributed by atoms with Crippen molar-refractivity contribution in [2.75, 3.05) is 30.9 Å². The number of nitrogens with one attached hydrogen (secondary N) is 3. The van der Waals surface area contributed by atoms with Gasteiger partial charge >= 0.3 is 5.97 Å². The Labute approximate surface area is 192 Å². The molecule has 168 valence electrons. The van der Waals surface area contributed by atoms with Gasteiger partial charge in [0.1, 0.15) is 0 Å². The highest BCUT2D eigenvalue weighted by molar-refractivity contribution is 6.37. The SMILES string of the molecule is COC(=O)c1ccc2c(c1)NC(=O)/C2=C(\Nc1ccc(CNCCO)cc1)c1ccccc1. The van der Waals surface area contributed by atoms with Crippen LogP contribution < -0.4 is 16.0 Å². The van der Waals surface area contributed by atoms with E-state index < -0.39 is 5.97 Å². The van der Waals surface area contributed by atoms with Gasteiger partial charge in [0.25, 0.3) is 5.91 Å². The number of methoxy groups -OCH3 is 1. The Balaban J connectivity index is 1.72. The van der Waals surface area contributed by atoms with Crippen LogP contribution in [0.25, 0.3) is 11.3 Å². The number of amides is 1. The topological polar surface area (TPSA) is 99.7 Å². The molecule has 0 aliphatic carbocycles. The number of esters is 1.